The summed E-state index contributed by atoms with van der Waals surface area (Å²) in [5, 5.41) is 2.30. The molecular weight excluding hydrogens is 754 g/mol. The van der Waals surface area contributed by atoms with E-state index in [9.17, 15) is 0 Å². The van der Waals surface area contributed by atoms with Gasteiger partial charge in [-0.15, -0.1) is 0 Å². The molecule has 2 nitrogen and oxygen atoms in total. The number of anilines is 3. The number of hydrogen-bond acceptors (Lipinski definition) is 2. The Morgan fingerprint density at radius 2 is 0.864 bits per heavy atom. The third-order valence-corrected chi connectivity index (χ3v) is 12.3. The van der Waals surface area contributed by atoms with E-state index in [1.165, 1.54) is 66.8 Å². The number of para-hydroxylation sites is 1. The summed E-state index contributed by atoms with van der Waals surface area (Å²) >= 11 is 0. The first-order chi connectivity index (χ1) is 28.3. The average Bonchev–Trinajstić information content (AvgIpc) is 3.92. The zero-order chi connectivity index (χ0) is 37.5. The summed E-state index contributed by atoms with van der Waals surface area (Å²) in [6.45, 7) is 0. The smallest absolute Gasteiger partial charge is 0.143 e. The molecule has 0 N–H and O–H groups in total. The number of rotatable bonds is 5. The first-order valence-corrected chi connectivity index (χ1v) is 19.7. The van der Waals surface area contributed by atoms with Crippen molar-refractivity contribution < 1.29 is 24.4 Å². The average molecular weight is 794 g/mol. The molecule has 0 fully saturated rings. The summed E-state index contributed by atoms with van der Waals surface area (Å²) in [4.78, 5) is 2.41. The molecule has 1 spiro atoms. The van der Waals surface area contributed by atoms with E-state index in [2.05, 4.69) is 217 Å². The normalized spacial score (nSPS) is 14.2. The van der Waals surface area contributed by atoms with Crippen LogP contribution in [-0.4, -0.2) is 0 Å². The van der Waals surface area contributed by atoms with Crippen molar-refractivity contribution in [1.82, 2.24) is 0 Å². The molecule has 2 aliphatic carbocycles. The molecule has 1 atom stereocenters. The van der Waals surface area contributed by atoms with Gasteiger partial charge in [-0.25, -0.2) is 0 Å². The second-order valence-corrected chi connectivity index (χ2v) is 15.2. The fourth-order valence-corrected chi connectivity index (χ4v) is 9.84. The van der Waals surface area contributed by atoms with E-state index in [0.29, 0.717) is 0 Å². The van der Waals surface area contributed by atoms with Crippen molar-refractivity contribution in [3.63, 3.8) is 0 Å². The molecule has 0 aliphatic heterocycles. The Kier molecular flexibility index (Phi) is 8.80. The third-order valence-electron chi connectivity index (χ3n) is 12.3. The van der Waals surface area contributed by atoms with Crippen LogP contribution >= 0.6 is 0 Å². The van der Waals surface area contributed by atoms with Gasteiger partial charge in [0.2, 0.25) is 0 Å². The van der Waals surface area contributed by atoms with Gasteiger partial charge >= 0.3 is 0 Å². The summed E-state index contributed by atoms with van der Waals surface area (Å²) in [6.07, 6.45) is 0. The van der Waals surface area contributed by atoms with E-state index < -0.39 is 5.41 Å². The standard InChI is InChI=1S/C55H35NO.CH3.V.H2/c1-3-13-36(14-4-1)38-23-27-40(28-24-38)56(41-29-25-39(26-30-41)37-15-5-2-6-16-37)42-31-32-44-43-17-7-10-20-48(43)55(51(44)35-42)49-21-11-8-19-47(49)53-50(55)34-33-46-45-18-9-12-22-52(45)57-54(46)53;;;/h1-35H;1H3;;1H/q;-1;;. The minimum Gasteiger partial charge on any atom is -0.455 e. The first-order valence-electron chi connectivity index (χ1n) is 19.7. The van der Waals surface area contributed by atoms with Gasteiger partial charge in [-0.2, -0.15) is 0 Å². The van der Waals surface area contributed by atoms with Crippen molar-refractivity contribution in [2.24, 2.45) is 0 Å². The Hall–Kier alpha value is -6.84. The van der Waals surface area contributed by atoms with Crippen molar-refractivity contribution in [2.45, 2.75) is 5.41 Å². The molecule has 281 valence electrons. The van der Waals surface area contributed by atoms with E-state index in [4.69, 9.17) is 4.42 Å². The van der Waals surface area contributed by atoms with Gasteiger partial charge in [-0.05, 0) is 104 Å². The van der Waals surface area contributed by atoms with Crippen LogP contribution in [0.15, 0.2) is 217 Å². The van der Waals surface area contributed by atoms with Gasteiger partial charge in [-0.3, -0.25) is 0 Å². The molecule has 1 radical (unpaired) electrons. The van der Waals surface area contributed by atoms with Gasteiger partial charge in [0.25, 0.3) is 0 Å². The molecule has 1 aromatic heterocycles. The largest absolute Gasteiger partial charge is 0.455 e. The molecule has 3 heteroatoms. The fraction of sp³-hybridized carbons (Fsp3) is 0.0179. The maximum absolute atomic E-state index is 6.78. The van der Waals surface area contributed by atoms with Crippen molar-refractivity contribution >= 4 is 39.0 Å². The second kappa shape index (κ2) is 14.2. The molecule has 0 bridgehead atoms. The molecule has 2 aliphatic rings. The molecule has 59 heavy (non-hydrogen) atoms. The monoisotopic (exact) mass is 793 g/mol. The topological polar surface area (TPSA) is 16.4 Å². The maximum atomic E-state index is 6.78. The van der Waals surface area contributed by atoms with E-state index in [0.717, 1.165) is 39.0 Å². The third kappa shape index (κ3) is 5.34. The van der Waals surface area contributed by atoms with E-state index >= 15 is 0 Å². The van der Waals surface area contributed by atoms with Gasteiger partial charge in [0.15, 0.2) is 0 Å². The maximum Gasteiger partial charge on any atom is 0.143 e. The Bertz CT molecular complexity index is 3090. The summed E-state index contributed by atoms with van der Waals surface area (Å²) in [6, 6.07) is 77.3. The molecule has 12 rings (SSSR count). The zero-order valence-electron chi connectivity index (χ0n) is 32.5. The summed E-state index contributed by atoms with van der Waals surface area (Å²) in [5.74, 6) is 0. The van der Waals surface area contributed by atoms with Gasteiger partial charge in [0.05, 0.1) is 5.41 Å². The van der Waals surface area contributed by atoms with E-state index in [-0.39, 0.29) is 27.4 Å². The predicted octanol–water partition coefficient (Wildman–Crippen LogP) is 15.4. The van der Waals surface area contributed by atoms with Crippen LogP contribution in [0.4, 0.5) is 17.1 Å². The Labute approximate surface area is 358 Å². The molecule has 0 amide bonds. The zero-order valence-corrected chi connectivity index (χ0v) is 33.9. The molecule has 0 saturated heterocycles. The number of fused-ring (bicyclic) bond motifs is 14. The van der Waals surface area contributed by atoms with Gasteiger partial charge in [0, 0.05) is 53.4 Å². The molecule has 10 aromatic rings. The predicted molar refractivity (Wildman–Crippen MR) is 244 cm³/mol. The minimum atomic E-state index is -0.527. The molecule has 1 heterocycles. The Balaban J connectivity index is 0.00000154. The van der Waals surface area contributed by atoms with Crippen LogP contribution in [0, 0.1) is 7.43 Å². The molecule has 1 unspecified atom stereocenters. The van der Waals surface area contributed by atoms with Gasteiger partial charge in [-0.1, -0.05) is 170 Å². The van der Waals surface area contributed by atoms with Crippen LogP contribution < -0.4 is 4.90 Å². The second-order valence-electron chi connectivity index (χ2n) is 15.2. The van der Waals surface area contributed by atoms with E-state index in [1.54, 1.807) is 0 Å². The Morgan fingerprint density at radius 1 is 0.373 bits per heavy atom. The van der Waals surface area contributed by atoms with Crippen LogP contribution in [0.1, 0.15) is 23.7 Å². The summed E-state index contributed by atoms with van der Waals surface area (Å²) in [5.41, 5.74) is 19.6. The minimum absolute atomic E-state index is 0. The number of nitrogens with zero attached hydrogens (tertiary/aromatic N) is 1. The van der Waals surface area contributed by atoms with Crippen molar-refractivity contribution in [2.75, 3.05) is 4.90 Å². The quantitative estimate of drug-likeness (QED) is 0.161. The van der Waals surface area contributed by atoms with E-state index in [1.807, 2.05) is 0 Å². The van der Waals surface area contributed by atoms with Crippen LogP contribution in [0.2, 0.25) is 0 Å². The van der Waals surface area contributed by atoms with Gasteiger partial charge in [0.1, 0.15) is 11.2 Å². The number of benzene rings is 9. The van der Waals surface area contributed by atoms with Crippen LogP contribution in [0.25, 0.3) is 66.4 Å². The molecule has 9 aromatic carbocycles. The summed E-state index contributed by atoms with van der Waals surface area (Å²) < 4.78 is 6.78. The number of furan rings is 1. The number of hydrogen-bond donors (Lipinski definition) is 0. The van der Waals surface area contributed by atoms with Crippen molar-refractivity contribution in [1.29, 1.82) is 0 Å². The Morgan fingerprint density at radius 3 is 1.51 bits per heavy atom. The van der Waals surface area contributed by atoms with Crippen molar-refractivity contribution in [3.05, 3.63) is 242 Å². The first kappa shape index (κ1) is 36.5. The van der Waals surface area contributed by atoms with Crippen LogP contribution in [-0.2, 0) is 24.0 Å². The van der Waals surface area contributed by atoms with Crippen LogP contribution in [0.3, 0.4) is 0 Å². The molecule has 0 saturated carbocycles. The van der Waals surface area contributed by atoms with Crippen molar-refractivity contribution in [3.8, 4) is 44.5 Å². The SMILES string of the molecule is [CH3-].[HH].[V].c1ccc(-c2ccc(N(c3ccc(-c4ccccc4)cc3)c3ccc4c(c3)C3(c5ccccc5-4)c4ccccc4-c4c3ccc3c4oc4ccccc43)cc2)cc1. The summed E-state index contributed by atoms with van der Waals surface area (Å²) in [7, 11) is 0. The molecular formula is C56H40NOV-. The van der Waals surface area contributed by atoms with Crippen LogP contribution in [0.5, 0.6) is 0 Å². The van der Waals surface area contributed by atoms with Gasteiger partial charge < -0.3 is 16.7 Å². The fourth-order valence-electron chi connectivity index (χ4n) is 9.84.